The van der Waals surface area contributed by atoms with Gasteiger partial charge in [-0.15, -0.1) is 0 Å². The minimum absolute atomic E-state index is 0.0555. The van der Waals surface area contributed by atoms with Gasteiger partial charge in [-0.3, -0.25) is 4.79 Å². The summed E-state index contributed by atoms with van der Waals surface area (Å²) in [6.07, 6.45) is 1.62. The number of rotatable bonds is 6. The molecule has 0 N–H and O–H groups in total. The molecule has 0 aliphatic rings. The van der Waals surface area contributed by atoms with Crippen LogP contribution in [0.2, 0.25) is 15.1 Å². The molecule has 0 saturated heterocycles. The van der Waals surface area contributed by atoms with Crippen molar-refractivity contribution in [1.82, 2.24) is 4.57 Å². The number of ketones is 1. The number of sulfone groups is 1. The number of fused-ring (bicyclic) bond motifs is 1. The van der Waals surface area contributed by atoms with Crippen molar-refractivity contribution in [2.45, 2.75) is 19.9 Å². The molecule has 4 nitrogen and oxygen atoms in total. The second-order valence-corrected chi connectivity index (χ2v) is 10.1. The maximum atomic E-state index is 13.3. The Labute approximate surface area is 178 Å². The summed E-state index contributed by atoms with van der Waals surface area (Å²) < 4.78 is 24.9. The summed E-state index contributed by atoms with van der Waals surface area (Å²) in [5, 5.41) is 1.70. The lowest BCUT2D eigenvalue weighted by Crippen LogP contribution is -2.10. The van der Waals surface area contributed by atoms with E-state index in [0.717, 1.165) is 0 Å². The van der Waals surface area contributed by atoms with E-state index >= 15 is 0 Å². The van der Waals surface area contributed by atoms with E-state index in [9.17, 15) is 13.2 Å². The van der Waals surface area contributed by atoms with Crippen molar-refractivity contribution in [3.8, 4) is 0 Å². The van der Waals surface area contributed by atoms with Crippen molar-refractivity contribution in [2.75, 3.05) is 12.0 Å². The zero-order valence-electron chi connectivity index (χ0n) is 15.3. The quantitative estimate of drug-likeness (QED) is 0.453. The fraction of sp³-hybridized carbons (Fsp3) is 0.250. The Morgan fingerprint density at radius 1 is 1.04 bits per heavy atom. The summed E-state index contributed by atoms with van der Waals surface area (Å²) >= 11 is 18.8. The summed E-state index contributed by atoms with van der Waals surface area (Å²) in [6.45, 7) is 2.25. The van der Waals surface area contributed by atoms with E-state index in [1.54, 1.807) is 30.3 Å². The maximum absolute atomic E-state index is 13.3. The number of halogens is 3. The third-order valence-corrected chi connectivity index (χ3v) is 6.77. The van der Waals surface area contributed by atoms with Crippen molar-refractivity contribution < 1.29 is 13.2 Å². The minimum atomic E-state index is -3.08. The second-order valence-electron chi connectivity index (χ2n) is 6.66. The zero-order valence-corrected chi connectivity index (χ0v) is 18.4. The molecule has 1 aromatic heterocycles. The van der Waals surface area contributed by atoms with Crippen LogP contribution in [-0.4, -0.2) is 30.8 Å². The van der Waals surface area contributed by atoms with Gasteiger partial charge in [0, 0.05) is 29.4 Å². The van der Waals surface area contributed by atoms with E-state index in [4.69, 9.17) is 34.8 Å². The Balaban J connectivity index is 2.16. The summed E-state index contributed by atoms with van der Waals surface area (Å²) in [7, 11) is -3.08. The van der Waals surface area contributed by atoms with Gasteiger partial charge in [0.05, 0.1) is 31.9 Å². The van der Waals surface area contributed by atoms with E-state index in [1.165, 1.54) is 6.26 Å². The van der Waals surface area contributed by atoms with Gasteiger partial charge in [0.1, 0.15) is 9.84 Å². The summed E-state index contributed by atoms with van der Waals surface area (Å²) in [5.41, 5.74) is 2.21. The predicted octanol–water partition coefficient (Wildman–Crippen LogP) is 5.58. The molecule has 0 saturated carbocycles. The third-order valence-electron chi connectivity index (χ3n) is 4.61. The first-order valence-corrected chi connectivity index (χ1v) is 11.7. The van der Waals surface area contributed by atoms with Crippen LogP contribution < -0.4 is 0 Å². The molecule has 0 spiro atoms. The number of benzene rings is 2. The molecule has 0 atom stereocenters. The Morgan fingerprint density at radius 3 is 2.36 bits per heavy atom. The van der Waals surface area contributed by atoms with Gasteiger partial charge in [0.2, 0.25) is 0 Å². The smallest absolute Gasteiger partial charge is 0.197 e. The van der Waals surface area contributed by atoms with Gasteiger partial charge in [-0.2, -0.15) is 0 Å². The van der Waals surface area contributed by atoms with Gasteiger partial charge in [-0.1, -0.05) is 53.0 Å². The highest BCUT2D eigenvalue weighted by Gasteiger charge is 2.24. The van der Waals surface area contributed by atoms with E-state index < -0.39 is 9.84 Å². The summed E-state index contributed by atoms with van der Waals surface area (Å²) in [6, 6.07) is 10.3. The van der Waals surface area contributed by atoms with Crippen LogP contribution in [0.3, 0.4) is 0 Å². The van der Waals surface area contributed by atoms with Gasteiger partial charge in [-0.05, 0) is 31.5 Å². The van der Waals surface area contributed by atoms with Crippen LogP contribution in [0.5, 0.6) is 0 Å². The number of aryl methyl sites for hydroxylation is 1. The average molecular weight is 459 g/mol. The molecule has 0 unspecified atom stereocenters. The largest absolute Gasteiger partial charge is 0.343 e. The lowest BCUT2D eigenvalue weighted by Gasteiger charge is -2.09. The molecule has 3 rings (SSSR count). The molecule has 8 heteroatoms. The number of carbonyl (C=O) groups excluding carboxylic acids is 1. The van der Waals surface area contributed by atoms with Crippen LogP contribution in [0, 0.1) is 6.92 Å². The number of hydrogen-bond acceptors (Lipinski definition) is 3. The van der Waals surface area contributed by atoms with Gasteiger partial charge < -0.3 is 4.57 Å². The molecule has 0 amide bonds. The molecule has 0 aliphatic carbocycles. The van der Waals surface area contributed by atoms with Crippen LogP contribution in [0.15, 0.2) is 36.4 Å². The molecule has 0 fully saturated rings. The fourth-order valence-electron chi connectivity index (χ4n) is 3.35. The molecule has 3 aromatic rings. The van der Waals surface area contributed by atoms with E-state index in [1.807, 2.05) is 17.6 Å². The lowest BCUT2D eigenvalue weighted by molar-refractivity contribution is 0.103. The zero-order chi connectivity index (χ0) is 20.6. The first-order valence-electron chi connectivity index (χ1n) is 8.55. The third kappa shape index (κ3) is 4.08. The standard InChI is InChI=1S/C20H18Cl3NO3S/c1-12-17(20(25)14-7-4-8-15(21)18(14)23)13-6-3-9-16(22)19(13)24(12)10-5-11-28(2,26)27/h3-4,6-9H,5,10-11H2,1-2H3. The predicted molar refractivity (Wildman–Crippen MR) is 116 cm³/mol. The number of aromatic nitrogens is 1. The van der Waals surface area contributed by atoms with Crippen molar-refractivity contribution in [3.63, 3.8) is 0 Å². The topological polar surface area (TPSA) is 56.1 Å². The molecule has 0 aliphatic heterocycles. The lowest BCUT2D eigenvalue weighted by atomic mass is 10.0. The summed E-state index contributed by atoms with van der Waals surface area (Å²) in [4.78, 5) is 13.3. The number of nitrogens with zero attached hydrogens (tertiary/aromatic N) is 1. The highest BCUT2D eigenvalue weighted by molar-refractivity contribution is 7.90. The Bertz CT molecular complexity index is 1180. The van der Waals surface area contributed by atoms with E-state index in [0.29, 0.717) is 50.7 Å². The summed E-state index contributed by atoms with van der Waals surface area (Å²) in [5.74, 6) is -0.195. The fourth-order valence-corrected chi connectivity index (χ4v) is 4.67. The number of hydrogen-bond donors (Lipinski definition) is 0. The SMILES string of the molecule is Cc1c(C(=O)c2cccc(Cl)c2Cl)c2cccc(Cl)c2n1CCCS(C)(=O)=O. The van der Waals surface area contributed by atoms with Crippen molar-refractivity contribution in [2.24, 2.45) is 0 Å². The van der Waals surface area contributed by atoms with Crippen LogP contribution in [-0.2, 0) is 16.4 Å². The van der Waals surface area contributed by atoms with Crippen molar-refractivity contribution >= 4 is 61.3 Å². The monoisotopic (exact) mass is 457 g/mol. The van der Waals surface area contributed by atoms with Crippen molar-refractivity contribution in [1.29, 1.82) is 0 Å². The molecule has 0 bridgehead atoms. The molecular weight excluding hydrogens is 441 g/mol. The number of para-hydroxylation sites is 1. The van der Waals surface area contributed by atoms with Gasteiger partial charge in [-0.25, -0.2) is 8.42 Å². The normalized spacial score (nSPS) is 11.9. The molecule has 2 aromatic carbocycles. The maximum Gasteiger partial charge on any atom is 0.197 e. The van der Waals surface area contributed by atoms with Gasteiger partial charge in [0.15, 0.2) is 5.78 Å². The van der Waals surface area contributed by atoms with Crippen molar-refractivity contribution in [3.05, 3.63) is 68.3 Å². The number of carbonyl (C=O) groups is 1. The first kappa shape index (κ1) is 21.2. The van der Waals surface area contributed by atoms with Crippen LogP contribution in [0.4, 0.5) is 0 Å². The van der Waals surface area contributed by atoms with Crippen LogP contribution in [0.25, 0.3) is 10.9 Å². The minimum Gasteiger partial charge on any atom is -0.343 e. The van der Waals surface area contributed by atoms with E-state index in [-0.39, 0.29) is 16.6 Å². The molecule has 0 radical (unpaired) electrons. The average Bonchev–Trinajstić information content (AvgIpc) is 2.89. The molecule has 148 valence electrons. The van der Waals surface area contributed by atoms with Crippen LogP contribution in [0.1, 0.15) is 28.0 Å². The Morgan fingerprint density at radius 2 is 1.68 bits per heavy atom. The van der Waals surface area contributed by atoms with E-state index in [2.05, 4.69) is 0 Å². The first-order chi connectivity index (χ1) is 13.1. The van der Waals surface area contributed by atoms with Gasteiger partial charge in [0.25, 0.3) is 0 Å². The molecule has 1 heterocycles. The Kier molecular flexibility index (Phi) is 6.11. The highest BCUT2D eigenvalue weighted by atomic mass is 35.5. The van der Waals surface area contributed by atoms with Crippen LogP contribution >= 0.6 is 34.8 Å². The Hall–Kier alpha value is -1.53. The van der Waals surface area contributed by atoms with Gasteiger partial charge >= 0.3 is 0 Å². The molecular formula is C20H18Cl3NO3S. The highest BCUT2D eigenvalue weighted by Crippen LogP contribution is 2.35. The second kappa shape index (κ2) is 8.07. The molecule has 28 heavy (non-hydrogen) atoms.